The number of ketones is 2. The normalized spacial score (nSPS) is 12.8. The van der Waals surface area contributed by atoms with Crippen LogP contribution in [-0.4, -0.2) is 92.6 Å². The van der Waals surface area contributed by atoms with E-state index in [2.05, 4.69) is 10.1 Å². The summed E-state index contributed by atoms with van der Waals surface area (Å²) in [5, 5.41) is 16.5. The topological polar surface area (TPSA) is 151 Å². The Morgan fingerprint density at radius 2 is 0.761 bits per heavy atom. The number of oxime groups is 1. The number of aryl methyl sites for hydroxylation is 8. The molecular weight excluding hydrogens is 1200 g/mol. The van der Waals surface area contributed by atoms with Crippen LogP contribution in [0.15, 0.2) is 156 Å². The first kappa shape index (κ1) is 65.0. The molecule has 0 aliphatic heterocycles. The van der Waals surface area contributed by atoms with Gasteiger partial charge in [0.25, 0.3) is 0 Å². The minimum Gasteiger partial charge on any atom is -0.487 e. The monoisotopic (exact) mass is 1260 g/mol. The van der Waals surface area contributed by atoms with E-state index in [0.717, 1.165) is 86.6 Å². The molecule has 10 aromatic rings. The lowest BCUT2D eigenvalue weighted by molar-refractivity contribution is -0.371. The minimum absolute atomic E-state index is 0.0237. The second kappa shape index (κ2) is 25.0. The van der Waals surface area contributed by atoms with E-state index >= 15 is 35.1 Å². The number of benzene rings is 8. The SMILES string of the molecule is CCn1c2ccc(C(=O)c3c(C)cc(C)cc3C)cc2c2cc(C(=NCC(=O)O)c3ccc(OCC(F)(F)C(F)(F)C(F)(F)C(F)(F)COc4ccc(C(=NOC(C)=O)c5ccc6c(c5)c5cc(C(=O)c7c(C)cc(C)cc7C)ccc5n6CC)cc4)cc3)ccc21. The molecule has 12 nitrogen and oxygen atoms in total. The molecule has 20 heteroatoms. The number of fused-ring (bicyclic) bond motifs is 6. The second-order valence-corrected chi connectivity index (χ2v) is 22.9. The van der Waals surface area contributed by atoms with Gasteiger partial charge in [-0.15, -0.1) is 0 Å². The Morgan fingerprint density at radius 3 is 1.10 bits per heavy atom. The summed E-state index contributed by atoms with van der Waals surface area (Å²) in [6.45, 7) is 11.8. The van der Waals surface area contributed by atoms with Crippen molar-refractivity contribution in [1.82, 2.24) is 9.13 Å². The van der Waals surface area contributed by atoms with Gasteiger partial charge in [0.2, 0.25) is 0 Å². The first-order chi connectivity index (χ1) is 43.5. The number of ether oxygens (including phenoxy) is 2. The lowest BCUT2D eigenvalue weighted by atomic mass is 9.92. The Morgan fingerprint density at radius 1 is 0.446 bits per heavy atom. The lowest BCUT2D eigenvalue weighted by Crippen LogP contribution is -2.65. The van der Waals surface area contributed by atoms with Crippen molar-refractivity contribution in [2.75, 3.05) is 19.8 Å². The molecule has 2 aromatic heterocycles. The number of carboxylic acids is 1. The van der Waals surface area contributed by atoms with Crippen molar-refractivity contribution >= 4 is 78.5 Å². The molecule has 0 bridgehead atoms. The minimum atomic E-state index is -6.73. The van der Waals surface area contributed by atoms with Gasteiger partial charge in [0.05, 0.1) is 5.71 Å². The molecule has 0 fully saturated rings. The molecule has 0 spiro atoms. The molecule has 92 heavy (non-hydrogen) atoms. The number of hydrogen-bond acceptors (Lipinski definition) is 9. The molecule has 2 heterocycles. The van der Waals surface area contributed by atoms with Gasteiger partial charge in [0.15, 0.2) is 24.8 Å². The van der Waals surface area contributed by atoms with Gasteiger partial charge >= 0.3 is 35.6 Å². The molecule has 0 atom stereocenters. The van der Waals surface area contributed by atoms with E-state index < -0.39 is 66.9 Å². The molecule has 0 aliphatic carbocycles. The number of carbonyl (C=O) groups is 4. The van der Waals surface area contributed by atoms with Crippen LogP contribution in [0, 0.1) is 41.5 Å². The zero-order chi connectivity index (χ0) is 66.5. The van der Waals surface area contributed by atoms with Crippen molar-refractivity contribution in [2.45, 2.75) is 99.1 Å². The number of aromatic nitrogens is 2. The highest BCUT2D eigenvalue weighted by Crippen LogP contribution is 2.53. The maximum absolute atomic E-state index is 15.4. The Kier molecular flexibility index (Phi) is 17.7. The second-order valence-electron chi connectivity index (χ2n) is 22.9. The number of rotatable bonds is 22. The number of carbonyl (C=O) groups excluding carboxylic acids is 3. The predicted molar refractivity (Wildman–Crippen MR) is 338 cm³/mol. The average molecular weight is 1260 g/mol. The third-order valence-electron chi connectivity index (χ3n) is 16.3. The third kappa shape index (κ3) is 12.1. The van der Waals surface area contributed by atoms with Crippen LogP contribution in [-0.2, 0) is 27.5 Å². The molecule has 0 amide bonds. The van der Waals surface area contributed by atoms with Gasteiger partial charge in [-0.1, -0.05) is 52.7 Å². The fourth-order valence-electron chi connectivity index (χ4n) is 12.1. The predicted octanol–water partition coefficient (Wildman–Crippen LogP) is 16.5. The van der Waals surface area contributed by atoms with Gasteiger partial charge in [0, 0.05) is 108 Å². The quantitative estimate of drug-likeness (QED) is 0.0232. The summed E-state index contributed by atoms with van der Waals surface area (Å²) in [5.74, 6) is -28.9. The molecule has 0 radical (unpaired) electrons. The fourth-order valence-corrected chi connectivity index (χ4v) is 12.1. The standard InChI is InChI=1S/C72H62F8N4O8/c1-10-83-58-24-16-48(32-54(58)56-34-50(18-26-60(56)83)67(88)63-41(5)28-39(3)29-42(63)6)65(81-36-62(86)87)46-12-20-52(21-13-46)90-37-69(73,74)71(77,78)72(79,80)70(75,76)38-91-53-22-14-47(15-23-53)66(82-92-45(9)85)49-17-25-59-55(33-49)57-35-51(19-27-61(57)84(59)11-2)68(89)64-43(7)30-40(4)31-44(64)8/h12-35H,10-11,36-38H2,1-9H3,(H,86,87). The summed E-state index contributed by atoms with van der Waals surface area (Å²) in [7, 11) is 0. The summed E-state index contributed by atoms with van der Waals surface area (Å²) in [6.07, 6.45) is 0. The highest BCUT2D eigenvalue weighted by atomic mass is 19.4. The van der Waals surface area contributed by atoms with Gasteiger partial charge in [-0.25, -0.2) is 4.79 Å². The summed E-state index contributed by atoms with van der Waals surface area (Å²) in [4.78, 5) is 61.2. The van der Waals surface area contributed by atoms with E-state index in [4.69, 9.17) is 14.3 Å². The van der Waals surface area contributed by atoms with Gasteiger partial charge in [0.1, 0.15) is 23.8 Å². The fraction of sp³-hybridized carbons (Fsp3) is 0.250. The summed E-state index contributed by atoms with van der Waals surface area (Å²) in [5.41, 5.74) is 11.7. The molecule has 0 saturated heterocycles. The number of nitrogens with zero attached hydrogens (tertiary/aromatic N) is 4. The van der Waals surface area contributed by atoms with Crippen molar-refractivity contribution in [2.24, 2.45) is 10.1 Å². The van der Waals surface area contributed by atoms with Crippen molar-refractivity contribution < 1.29 is 73.7 Å². The summed E-state index contributed by atoms with van der Waals surface area (Å²) in [6, 6.07) is 37.9. The van der Waals surface area contributed by atoms with Crippen LogP contribution < -0.4 is 9.47 Å². The third-order valence-corrected chi connectivity index (χ3v) is 16.3. The maximum atomic E-state index is 15.4. The molecule has 0 saturated carbocycles. The van der Waals surface area contributed by atoms with Crippen LogP contribution in [0.1, 0.15) is 108 Å². The molecule has 0 unspecified atom stereocenters. The van der Waals surface area contributed by atoms with Crippen LogP contribution >= 0.6 is 0 Å². The van der Waals surface area contributed by atoms with E-state index in [-0.39, 0.29) is 34.1 Å². The van der Waals surface area contributed by atoms with Crippen molar-refractivity contribution in [3.8, 4) is 11.5 Å². The highest BCUT2D eigenvalue weighted by molar-refractivity contribution is 6.21. The zero-order valence-electron chi connectivity index (χ0n) is 51.5. The molecule has 8 aromatic carbocycles. The zero-order valence-corrected chi connectivity index (χ0v) is 51.5. The van der Waals surface area contributed by atoms with E-state index in [0.29, 0.717) is 68.0 Å². The Labute approximate surface area is 523 Å². The molecule has 10 rings (SSSR count). The van der Waals surface area contributed by atoms with Crippen molar-refractivity contribution in [3.63, 3.8) is 0 Å². The van der Waals surface area contributed by atoms with Crippen molar-refractivity contribution in [3.05, 3.63) is 223 Å². The number of aliphatic carboxylic acids is 1. The highest BCUT2D eigenvalue weighted by Gasteiger charge is 2.81. The molecule has 474 valence electrons. The van der Waals surface area contributed by atoms with Gasteiger partial charge in [-0.2, -0.15) is 35.1 Å². The molecular formula is C72H62F8N4O8. The first-order valence-electron chi connectivity index (χ1n) is 29.3. The van der Waals surface area contributed by atoms with E-state index in [1.807, 2.05) is 101 Å². The van der Waals surface area contributed by atoms with Crippen LogP contribution in [0.5, 0.6) is 11.5 Å². The van der Waals surface area contributed by atoms with Gasteiger partial charge in [-0.3, -0.25) is 19.4 Å². The van der Waals surface area contributed by atoms with Crippen LogP contribution in [0.3, 0.4) is 0 Å². The smallest absolute Gasteiger partial charge is 0.381 e. The van der Waals surface area contributed by atoms with Crippen molar-refractivity contribution in [1.29, 1.82) is 0 Å². The number of aliphatic imine (C=N–C) groups is 1. The largest absolute Gasteiger partial charge is 0.487 e. The van der Waals surface area contributed by atoms with Gasteiger partial charge < -0.3 is 28.6 Å². The average Bonchev–Trinajstić information content (AvgIpc) is 1.28. The van der Waals surface area contributed by atoms with E-state index in [9.17, 15) is 24.3 Å². The van der Waals surface area contributed by atoms with Gasteiger partial charge in [-0.05, 0) is 187 Å². The summed E-state index contributed by atoms with van der Waals surface area (Å²) < 4.78 is 137. The van der Waals surface area contributed by atoms with Crippen LogP contribution in [0.4, 0.5) is 35.1 Å². The number of carboxylic acid groups (broad SMARTS) is 1. The first-order valence-corrected chi connectivity index (χ1v) is 29.3. The maximum Gasteiger partial charge on any atom is 0.381 e. The Hall–Kier alpha value is -9.98. The Bertz CT molecular complexity index is 4340. The summed E-state index contributed by atoms with van der Waals surface area (Å²) >= 11 is 0. The number of hydrogen-bond donors (Lipinski definition) is 1. The number of halogens is 8. The van der Waals surface area contributed by atoms with Crippen LogP contribution in [0.2, 0.25) is 0 Å². The lowest BCUT2D eigenvalue weighted by Gasteiger charge is -2.36. The van der Waals surface area contributed by atoms with Crippen LogP contribution in [0.25, 0.3) is 43.6 Å². The molecule has 1 N–H and O–H groups in total. The van der Waals surface area contributed by atoms with E-state index in [1.54, 1.807) is 60.7 Å². The Balaban J connectivity index is 0.842. The van der Waals surface area contributed by atoms with E-state index in [1.165, 1.54) is 24.3 Å². The molecule has 0 aliphatic rings. The number of alkyl halides is 8.